The summed E-state index contributed by atoms with van der Waals surface area (Å²) in [5.74, 6) is 0.653. The van der Waals surface area contributed by atoms with E-state index in [2.05, 4.69) is 35.1 Å². The number of nitrogens with zero attached hydrogens (tertiary/aromatic N) is 3. The summed E-state index contributed by atoms with van der Waals surface area (Å²) in [5, 5.41) is 0. The molecule has 1 fully saturated rings. The third-order valence-electron chi connectivity index (χ3n) is 7.19. The van der Waals surface area contributed by atoms with Crippen LogP contribution in [0.5, 0.6) is 0 Å². The van der Waals surface area contributed by atoms with Crippen molar-refractivity contribution in [1.82, 2.24) is 9.97 Å². The van der Waals surface area contributed by atoms with Crippen LogP contribution in [0.1, 0.15) is 50.2 Å². The first kappa shape index (κ1) is 16.7. The first-order valence-corrected chi connectivity index (χ1v) is 9.99. The Morgan fingerprint density at radius 3 is 2.56 bits per heavy atom. The summed E-state index contributed by atoms with van der Waals surface area (Å²) < 4.78 is 5.78. The Morgan fingerprint density at radius 1 is 1.07 bits per heavy atom. The molecule has 0 amide bonds. The average molecular weight is 362 g/mol. The lowest BCUT2D eigenvalue weighted by atomic mass is 9.60. The molecule has 27 heavy (non-hydrogen) atoms. The maximum absolute atomic E-state index is 6.05. The van der Waals surface area contributed by atoms with Gasteiger partial charge in [-0.15, -0.1) is 0 Å². The maximum atomic E-state index is 6.05. The molecule has 1 aromatic carbocycles. The largest absolute Gasteiger partial charge is 0.462 e. The molecule has 2 N–H and O–H groups in total. The fourth-order valence-electron chi connectivity index (χ4n) is 5.68. The molecule has 0 bridgehead atoms. The van der Waals surface area contributed by atoms with Gasteiger partial charge >= 0.3 is 0 Å². The van der Waals surface area contributed by atoms with Crippen molar-refractivity contribution in [2.24, 2.45) is 22.1 Å². The van der Waals surface area contributed by atoms with E-state index in [-0.39, 0.29) is 11.0 Å². The van der Waals surface area contributed by atoms with Gasteiger partial charge in [0.25, 0.3) is 6.02 Å². The zero-order chi connectivity index (χ0) is 18.5. The quantitative estimate of drug-likeness (QED) is 0.881. The summed E-state index contributed by atoms with van der Waals surface area (Å²) in [4.78, 5) is 13.3. The van der Waals surface area contributed by atoms with Gasteiger partial charge in [-0.25, -0.2) is 15.0 Å². The average Bonchev–Trinajstić information content (AvgIpc) is 3.23. The van der Waals surface area contributed by atoms with Gasteiger partial charge in [0.05, 0.1) is 0 Å². The SMILES string of the molecule is CC1(C2CCCCC2)Cc2ccc(-c3cncnc3)cc2C12COC(N)=N2. The Morgan fingerprint density at radius 2 is 1.85 bits per heavy atom. The predicted octanol–water partition coefficient (Wildman–Crippen LogP) is 3.83. The van der Waals surface area contributed by atoms with Gasteiger partial charge in [0.15, 0.2) is 0 Å². The van der Waals surface area contributed by atoms with E-state index in [1.54, 1.807) is 6.33 Å². The Kier molecular flexibility index (Phi) is 3.74. The van der Waals surface area contributed by atoms with Crippen LogP contribution in [0, 0.1) is 11.3 Å². The van der Waals surface area contributed by atoms with E-state index in [9.17, 15) is 0 Å². The number of aliphatic imine (C=N–C) groups is 1. The smallest absolute Gasteiger partial charge is 0.283 e. The number of amidine groups is 1. The summed E-state index contributed by atoms with van der Waals surface area (Å²) in [6.07, 6.45) is 12.9. The van der Waals surface area contributed by atoms with Crippen LogP contribution < -0.4 is 5.73 Å². The Balaban J connectivity index is 1.64. The third kappa shape index (κ3) is 2.40. The van der Waals surface area contributed by atoms with Crippen LogP contribution in [-0.2, 0) is 16.7 Å². The minimum absolute atomic E-state index is 0.0443. The molecule has 2 atom stereocenters. The number of ether oxygens (including phenoxy) is 1. The van der Waals surface area contributed by atoms with Gasteiger partial charge in [0.2, 0.25) is 0 Å². The molecule has 3 aliphatic rings. The fourth-order valence-corrected chi connectivity index (χ4v) is 5.68. The highest BCUT2D eigenvalue weighted by atomic mass is 16.5. The molecule has 5 rings (SSSR count). The van der Waals surface area contributed by atoms with Gasteiger partial charge in [0, 0.05) is 23.4 Å². The second-order valence-corrected chi connectivity index (χ2v) is 8.53. The number of hydrogen-bond donors (Lipinski definition) is 1. The van der Waals surface area contributed by atoms with Crippen molar-refractivity contribution < 1.29 is 4.74 Å². The highest BCUT2D eigenvalue weighted by Crippen LogP contribution is 2.61. The van der Waals surface area contributed by atoms with Crippen molar-refractivity contribution in [1.29, 1.82) is 0 Å². The molecule has 5 heteroatoms. The summed E-state index contributed by atoms with van der Waals surface area (Å²) in [6.45, 7) is 2.97. The first-order chi connectivity index (χ1) is 13.1. The number of fused-ring (bicyclic) bond motifs is 2. The van der Waals surface area contributed by atoms with Gasteiger partial charge < -0.3 is 10.5 Å². The van der Waals surface area contributed by atoms with E-state index in [4.69, 9.17) is 15.5 Å². The lowest BCUT2D eigenvalue weighted by molar-refractivity contribution is 0.0367. The monoisotopic (exact) mass is 362 g/mol. The predicted molar refractivity (Wildman–Crippen MR) is 105 cm³/mol. The molecular formula is C22H26N4O. The first-order valence-electron chi connectivity index (χ1n) is 9.99. The molecule has 0 radical (unpaired) electrons. The lowest BCUT2D eigenvalue weighted by Crippen LogP contribution is -2.46. The Labute approximate surface area is 160 Å². The Bertz CT molecular complexity index is 890. The molecule has 5 nitrogen and oxygen atoms in total. The minimum Gasteiger partial charge on any atom is -0.462 e. The second kappa shape index (κ2) is 6.04. The summed E-state index contributed by atoms with van der Waals surface area (Å²) in [5.41, 5.74) is 10.5. The molecule has 1 aromatic heterocycles. The highest BCUT2D eigenvalue weighted by molar-refractivity contribution is 5.75. The van der Waals surface area contributed by atoms with E-state index in [0.717, 1.165) is 17.5 Å². The van der Waals surface area contributed by atoms with Gasteiger partial charge in [-0.1, -0.05) is 38.3 Å². The van der Waals surface area contributed by atoms with Crippen molar-refractivity contribution in [3.8, 4) is 11.1 Å². The molecular weight excluding hydrogens is 336 g/mol. The van der Waals surface area contributed by atoms with Crippen molar-refractivity contribution in [2.45, 2.75) is 51.0 Å². The minimum atomic E-state index is -0.375. The lowest BCUT2D eigenvalue weighted by Gasteiger charge is -2.45. The molecule has 1 saturated carbocycles. The number of aromatic nitrogens is 2. The normalized spacial score (nSPS) is 30.2. The molecule has 0 saturated heterocycles. The standard InChI is InChI=1S/C22H26N4O/c1-21(18-5-3-2-4-6-18)10-16-8-7-15(17-11-24-14-25-12-17)9-19(16)22(21)13-27-20(23)26-22/h7-9,11-12,14,18H,2-6,10,13H2,1H3,(H2,23,26). The molecule has 2 unspecified atom stereocenters. The van der Waals surface area contributed by atoms with E-state index < -0.39 is 0 Å². The fraction of sp³-hybridized carbons (Fsp3) is 0.500. The summed E-state index contributed by atoms with van der Waals surface area (Å²) in [6, 6.07) is 7.05. The zero-order valence-electron chi connectivity index (χ0n) is 15.8. The van der Waals surface area contributed by atoms with Crippen LogP contribution in [-0.4, -0.2) is 22.6 Å². The molecule has 2 heterocycles. The van der Waals surface area contributed by atoms with Crippen molar-refractivity contribution >= 4 is 6.02 Å². The van der Waals surface area contributed by atoms with Crippen LogP contribution in [0.15, 0.2) is 41.9 Å². The maximum Gasteiger partial charge on any atom is 0.283 e. The van der Waals surface area contributed by atoms with Crippen molar-refractivity contribution in [2.75, 3.05) is 6.61 Å². The molecule has 2 aliphatic carbocycles. The van der Waals surface area contributed by atoms with Gasteiger partial charge in [0.1, 0.15) is 18.5 Å². The molecule has 2 aromatic rings. The van der Waals surface area contributed by atoms with Gasteiger partial charge in [-0.05, 0) is 47.9 Å². The van der Waals surface area contributed by atoms with Crippen LogP contribution in [0.2, 0.25) is 0 Å². The third-order valence-corrected chi connectivity index (χ3v) is 7.19. The van der Waals surface area contributed by atoms with Crippen molar-refractivity contribution in [3.05, 3.63) is 48.0 Å². The van der Waals surface area contributed by atoms with Crippen molar-refractivity contribution in [3.63, 3.8) is 0 Å². The van der Waals surface area contributed by atoms with Gasteiger partial charge in [-0.3, -0.25) is 0 Å². The van der Waals surface area contributed by atoms with E-state index in [0.29, 0.717) is 18.5 Å². The van der Waals surface area contributed by atoms with E-state index >= 15 is 0 Å². The number of benzene rings is 1. The summed E-state index contributed by atoms with van der Waals surface area (Å²) >= 11 is 0. The molecule has 1 aliphatic heterocycles. The van der Waals surface area contributed by atoms with Gasteiger partial charge in [-0.2, -0.15) is 0 Å². The van der Waals surface area contributed by atoms with Crippen LogP contribution >= 0.6 is 0 Å². The number of hydrogen-bond acceptors (Lipinski definition) is 5. The number of nitrogens with two attached hydrogens (primary N) is 1. The molecule has 140 valence electrons. The topological polar surface area (TPSA) is 73.4 Å². The molecule has 1 spiro atoms. The second-order valence-electron chi connectivity index (χ2n) is 8.53. The van der Waals surface area contributed by atoms with Crippen LogP contribution in [0.3, 0.4) is 0 Å². The van der Waals surface area contributed by atoms with E-state index in [1.165, 1.54) is 43.2 Å². The number of rotatable bonds is 2. The Hall–Kier alpha value is -2.43. The highest BCUT2D eigenvalue weighted by Gasteiger charge is 2.61. The zero-order valence-corrected chi connectivity index (χ0v) is 15.8. The van der Waals surface area contributed by atoms with Crippen LogP contribution in [0.25, 0.3) is 11.1 Å². The van der Waals surface area contributed by atoms with Crippen LogP contribution in [0.4, 0.5) is 0 Å². The summed E-state index contributed by atoms with van der Waals surface area (Å²) in [7, 11) is 0. The van der Waals surface area contributed by atoms with E-state index in [1.807, 2.05) is 12.4 Å².